The van der Waals surface area contributed by atoms with Crippen molar-refractivity contribution >= 4 is 21.4 Å². The van der Waals surface area contributed by atoms with Gasteiger partial charge >= 0.3 is 6.18 Å². The number of amides is 1. The van der Waals surface area contributed by atoms with E-state index in [0.29, 0.717) is 11.3 Å². The molecule has 1 heterocycles. The number of aromatic nitrogens is 1. The third-order valence-electron chi connectivity index (χ3n) is 4.87. The molecule has 1 aromatic heterocycles. The number of carbonyl (C=O) groups is 1. The maximum Gasteiger partial charge on any atom is 0.417 e. The van der Waals surface area contributed by atoms with E-state index in [2.05, 4.69) is 11.2 Å². The topological polar surface area (TPSA) is 68.2 Å². The summed E-state index contributed by atoms with van der Waals surface area (Å²) in [6.45, 7) is 1.52. The van der Waals surface area contributed by atoms with Gasteiger partial charge in [0.05, 0.1) is 28.3 Å². The summed E-state index contributed by atoms with van der Waals surface area (Å²) >= 11 is 0. The molecule has 0 aliphatic carbocycles. The smallest absolute Gasteiger partial charge is 0.335 e. The average molecular weight is 460 g/mol. The minimum Gasteiger partial charge on any atom is -0.335 e. The lowest BCUT2D eigenvalue weighted by atomic mass is 10.00. The van der Waals surface area contributed by atoms with Crippen LogP contribution in [0.15, 0.2) is 59.6 Å². The van der Waals surface area contributed by atoms with Gasteiger partial charge in [-0.2, -0.15) is 13.2 Å². The van der Waals surface area contributed by atoms with Crippen LogP contribution in [0, 0.1) is 19.3 Å². The maximum absolute atomic E-state index is 13.6. The van der Waals surface area contributed by atoms with Crippen molar-refractivity contribution in [1.82, 2.24) is 4.57 Å². The first kappa shape index (κ1) is 23.2. The molecule has 2 aromatic carbocycles. The third-order valence-corrected chi connectivity index (χ3v) is 5.99. The molecule has 0 saturated carbocycles. The number of rotatable bonds is 5. The molecule has 0 unspecified atom stereocenters. The molecule has 0 bridgehead atoms. The van der Waals surface area contributed by atoms with E-state index in [1.807, 2.05) is 0 Å². The highest BCUT2D eigenvalue weighted by Crippen LogP contribution is 2.39. The second kappa shape index (κ2) is 8.55. The Morgan fingerprint density at radius 3 is 2.31 bits per heavy atom. The molecule has 1 N–H and O–H groups in total. The van der Waals surface area contributed by atoms with Crippen molar-refractivity contribution in [2.75, 3.05) is 11.6 Å². The van der Waals surface area contributed by atoms with Gasteiger partial charge in [-0.1, -0.05) is 24.1 Å². The summed E-state index contributed by atoms with van der Waals surface area (Å²) in [6.07, 6.45) is 3.29. The molecular weight excluding hydrogens is 441 g/mol. The minimum absolute atomic E-state index is 0.0291. The second-order valence-corrected chi connectivity index (χ2v) is 9.16. The first-order valence-electron chi connectivity index (χ1n) is 9.34. The second-order valence-electron chi connectivity index (χ2n) is 7.14. The monoisotopic (exact) mass is 460 g/mol. The number of halogens is 3. The van der Waals surface area contributed by atoms with Crippen LogP contribution < -0.4 is 5.32 Å². The van der Waals surface area contributed by atoms with E-state index in [-0.39, 0.29) is 28.3 Å². The first-order chi connectivity index (χ1) is 14.9. The number of benzene rings is 2. The van der Waals surface area contributed by atoms with Crippen molar-refractivity contribution in [3.8, 4) is 23.6 Å². The Morgan fingerprint density at radius 2 is 1.75 bits per heavy atom. The molecule has 0 saturated heterocycles. The van der Waals surface area contributed by atoms with Gasteiger partial charge in [0.25, 0.3) is 5.91 Å². The summed E-state index contributed by atoms with van der Waals surface area (Å²) in [5.74, 6) is 1.84. The Hall–Kier alpha value is -3.51. The predicted octanol–water partition coefficient (Wildman–Crippen LogP) is 4.77. The van der Waals surface area contributed by atoms with Gasteiger partial charge in [0.15, 0.2) is 9.84 Å². The lowest BCUT2D eigenvalue weighted by Crippen LogP contribution is -2.12. The summed E-state index contributed by atoms with van der Waals surface area (Å²) in [6, 6.07) is 10.7. The molecule has 9 heteroatoms. The van der Waals surface area contributed by atoms with E-state index in [9.17, 15) is 26.4 Å². The van der Waals surface area contributed by atoms with Gasteiger partial charge in [-0.25, -0.2) is 8.42 Å². The standard InChI is InChI=1S/C23H19F3N2O3S/c1-4-13-28-14-19(22(29)27-16-9-11-17(12-10-16)32(3,30)31)15(2)21(28)18-7-5-6-8-20(18)23(24,25)26/h1,5-12,14H,13H2,2-3H3,(H,27,29). The molecule has 0 fully saturated rings. The van der Waals surface area contributed by atoms with Gasteiger partial charge in [0.1, 0.15) is 0 Å². The van der Waals surface area contributed by atoms with Crippen LogP contribution in [0.1, 0.15) is 21.5 Å². The minimum atomic E-state index is -4.59. The number of sulfone groups is 1. The zero-order valence-electron chi connectivity index (χ0n) is 17.2. The lowest BCUT2D eigenvalue weighted by Gasteiger charge is -2.15. The van der Waals surface area contributed by atoms with Gasteiger partial charge < -0.3 is 9.88 Å². The lowest BCUT2D eigenvalue weighted by molar-refractivity contribution is -0.137. The fourth-order valence-corrected chi connectivity index (χ4v) is 4.02. The van der Waals surface area contributed by atoms with E-state index < -0.39 is 27.5 Å². The number of hydrogen-bond acceptors (Lipinski definition) is 3. The zero-order chi connectivity index (χ0) is 23.7. The average Bonchev–Trinajstić information content (AvgIpc) is 3.03. The molecule has 166 valence electrons. The molecule has 0 aliphatic rings. The Labute approximate surface area is 183 Å². The van der Waals surface area contributed by atoms with E-state index in [1.54, 1.807) is 6.92 Å². The highest BCUT2D eigenvalue weighted by atomic mass is 32.2. The fourth-order valence-electron chi connectivity index (χ4n) is 3.39. The number of hydrogen-bond donors (Lipinski definition) is 1. The Kier molecular flexibility index (Phi) is 6.19. The van der Waals surface area contributed by atoms with Crippen LogP contribution >= 0.6 is 0 Å². The van der Waals surface area contributed by atoms with E-state index in [1.165, 1.54) is 53.2 Å². The molecule has 0 spiro atoms. The van der Waals surface area contributed by atoms with Crippen LogP contribution in [0.5, 0.6) is 0 Å². The summed E-state index contributed by atoms with van der Waals surface area (Å²) in [7, 11) is -3.39. The molecule has 5 nitrogen and oxygen atoms in total. The van der Waals surface area contributed by atoms with Crippen LogP contribution in [0.2, 0.25) is 0 Å². The first-order valence-corrected chi connectivity index (χ1v) is 11.2. The summed E-state index contributed by atoms with van der Waals surface area (Å²) in [4.78, 5) is 13.0. The van der Waals surface area contributed by atoms with Crippen LogP contribution in [0.4, 0.5) is 18.9 Å². The number of carbonyl (C=O) groups excluding carboxylic acids is 1. The van der Waals surface area contributed by atoms with Crippen LogP contribution in [-0.4, -0.2) is 25.1 Å². The van der Waals surface area contributed by atoms with Gasteiger partial charge in [0.2, 0.25) is 0 Å². The molecule has 0 atom stereocenters. The molecular formula is C23H19F3N2O3S. The molecule has 3 aromatic rings. The highest BCUT2D eigenvalue weighted by Gasteiger charge is 2.35. The van der Waals surface area contributed by atoms with Crippen LogP contribution in [-0.2, 0) is 22.6 Å². The normalized spacial score (nSPS) is 11.8. The van der Waals surface area contributed by atoms with Crippen LogP contribution in [0.25, 0.3) is 11.3 Å². The number of nitrogens with one attached hydrogen (secondary N) is 1. The largest absolute Gasteiger partial charge is 0.417 e. The van der Waals surface area contributed by atoms with Crippen molar-refractivity contribution in [2.45, 2.75) is 24.5 Å². The zero-order valence-corrected chi connectivity index (χ0v) is 18.0. The number of nitrogens with zero attached hydrogens (tertiary/aromatic N) is 1. The van der Waals surface area contributed by atoms with Gasteiger partial charge in [-0.15, -0.1) is 6.42 Å². The number of terminal acetylenes is 1. The van der Waals surface area contributed by atoms with E-state index in [0.717, 1.165) is 12.3 Å². The van der Waals surface area contributed by atoms with Crippen molar-refractivity contribution in [2.24, 2.45) is 0 Å². The molecule has 1 amide bonds. The summed E-state index contributed by atoms with van der Waals surface area (Å²) < 4.78 is 65.3. The van der Waals surface area contributed by atoms with Crippen molar-refractivity contribution in [3.63, 3.8) is 0 Å². The Balaban J connectivity index is 2.03. The Morgan fingerprint density at radius 1 is 1.12 bits per heavy atom. The maximum atomic E-state index is 13.6. The molecule has 3 rings (SSSR count). The van der Waals surface area contributed by atoms with E-state index in [4.69, 9.17) is 6.42 Å². The van der Waals surface area contributed by atoms with E-state index >= 15 is 0 Å². The van der Waals surface area contributed by atoms with Gasteiger partial charge in [-0.05, 0) is 42.8 Å². The number of anilines is 1. The SMILES string of the molecule is C#CCn1cc(C(=O)Nc2ccc(S(C)(=O)=O)cc2)c(C)c1-c1ccccc1C(F)(F)F. The quantitative estimate of drug-likeness (QED) is 0.558. The van der Waals surface area contributed by atoms with Crippen molar-refractivity contribution < 1.29 is 26.4 Å². The van der Waals surface area contributed by atoms with Gasteiger partial charge in [-0.3, -0.25) is 4.79 Å². The summed E-state index contributed by atoms with van der Waals surface area (Å²) in [5, 5.41) is 2.64. The third kappa shape index (κ3) is 4.70. The highest BCUT2D eigenvalue weighted by molar-refractivity contribution is 7.90. The molecule has 32 heavy (non-hydrogen) atoms. The molecule has 0 aliphatic heterocycles. The molecule has 0 radical (unpaired) electrons. The van der Waals surface area contributed by atoms with Gasteiger partial charge in [0, 0.05) is 23.7 Å². The Bertz CT molecular complexity index is 1320. The summed E-state index contributed by atoms with van der Waals surface area (Å²) in [5.41, 5.74) is 0.117. The number of alkyl halides is 3. The van der Waals surface area contributed by atoms with Crippen LogP contribution in [0.3, 0.4) is 0 Å². The van der Waals surface area contributed by atoms with Crippen molar-refractivity contribution in [1.29, 1.82) is 0 Å². The predicted molar refractivity (Wildman–Crippen MR) is 116 cm³/mol. The fraction of sp³-hybridized carbons (Fsp3) is 0.174. The van der Waals surface area contributed by atoms with Crippen molar-refractivity contribution in [3.05, 3.63) is 71.4 Å².